The van der Waals surface area contributed by atoms with Crippen LogP contribution in [0.2, 0.25) is 0 Å². The number of hydrogen-bond donors (Lipinski definition) is 2. The fraction of sp³-hybridized carbons (Fsp3) is 0.259. The number of benzene rings is 3. The summed E-state index contributed by atoms with van der Waals surface area (Å²) in [5, 5.41) is 5.78. The van der Waals surface area contributed by atoms with E-state index < -0.39 is 0 Å². The fourth-order valence-electron chi connectivity index (χ4n) is 3.88. The molecule has 1 aliphatic heterocycles. The topological polar surface area (TPSA) is 73.9 Å². The van der Waals surface area contributed by atoms with Crippen LogP contribution in [-0.2, 0) is 4.79 Å². The summed E-state index contributed by atoms with van der Waals surface area (Å²) in [7, 11) is 0. The van der Waals surface area contributed by atoms with Crippen molar-refractivity contribution in [2.75, 3.05) is 56.5 Å². The Kier molecular flexibility index (Phi) is 8.27. The number of nitrogens with zero attached hydrogens (tertiary/aromatic N) is 2. The Balaban J connectivity index is 1.22. The summed E-state index contributed by atoms with van der Waals surface area (Å²) in [6.45, 7) is 5.21. The summed E-state index contributed by atoms with van der Waals surface area (Å²) in [6, 6.07) is 26.1. The van der Waals surface area contributed by atoms with Gasteiger partial charge in [0.25, 0.3) is 5.91 Å². The first-order valence-electron chi connectivity index (χ1n) is 11.6. The van der Waals surface area contributed by atoms with Crippen LogP contribution in [0, 0.1) is 0 Å². The molecule has 1 fully saturated rings. The molecule has 0 spiro atoms. The van der Waals surface area contributed by atoms with Crippen LogP contribution in [0.25, 0.3) is 0 Å². The maximum absolute atomic E-state index is 12.7. The smallest absolute Gasteiger partial charge is 0.257 e. The van der Waals surface area contributed by atoms with Gasteiger partial charge in [0.05, 0.1) is 17.8 Å². The minimum atomic E-state index is -0.256. The minimum Gasteiger partial charge on any atom is -0.492 e. The van der Waals surface area contributed by atoms with Crippen LogP contribution in [-0.4, -0.2) is 67.5 Å². The molecule has 0 bridgehead atoms. The molecule has 2 N–H and O–H groups in total. The molecular formula is C27H30N4O3. The molecule has 0 saturated carbocycles. The number of carbonyl (C=O) groups is 2. The van der Waals surface area contributed by atoms with Gasteiger partial charge in [0.1, 0.15) is 12.4 Å². The van der Waals surface area contributed by atoms with Gasteiger partial charge in [0, 0.05) is 38.4 Å². The highest BCUT2D eigenvalue weighted by Gasteiger charge is 2.20. The molecule has 0 unspecified atom stereocenters. The van der Waals surface area contributed by atoms with Crippen molar-refractivity contribution in [2.24, 2.45) is 0 Å². The quantitative estimate of drug-likeness (QED) is 0.513. The van der Waals surface area contributed by atoms with Gasteiger partial charge in [0.15, 0.2) is 0 Å². The number of piperazine rings is 1. The normalized spacial score (nSPS) is 14.4. The molecule has 1 saturated heterocycles. The first-order valence-corrected chi connectivity index (χ1v) is 11.6. The number of amides is 2. The Hall–Kier alpha value is -3.68. The Bertz CT molecular complexity index is 1070. The molecule has 176 valence electrons. The highest BCUT2D eigenvalue weighted by atomic mass is 16.5. The van der Waals surface area contributed by atoms with Crippen molar-refractivity contribution < 1.29 is 14.3 Å². The van der Waals surface area contributed by atoms with E-state index in [0.29, 0.717) is 30.1 Å². The second-order valence-corrected chi connectivity index (χ2v) is 8.19. The van der Waals surface area contributed by atoms with Gasteiger partial charge in [0.2, 0.25) is 5.91 Å². The molecule has 4 rings (SSSR count). The van der Waals surface area contributed by atoms with Crippen LogP contribution >= 0.6 is 0 Å². The van der Waals surface area contributed by atoms with Gasteiger partial charge in [-0.15, -0.1) is 0 Å². The van der Waals surface area contributed by atoms with Crippen LogP contribution in [0.5, 0.6) is 5.75 Å². The van der Waals surface area contributed by atoms with Gasteiger partial charge in [-0.05, 0) is 36.4 Å². The van der Waals surface area contributed by atoms with Gasteiger partial charge in [-0.2, -0.15) is 0 Å². The zero-order valence-electron chi connectivity index (χ0n) is 19.2. The Morgan fingerprint density at radius 2 is 1.35 bits per heavy atom. The highest BCUT2D eigenvalue weighted by molar-refractivity contribution is 6.10. The second kappa shape index (κ2) is 12.0. The summed E-state index contributed by atoms with van der Waals surface area (Å²) >= 11 is 0. The monoisotopic (exact) mass is 458 g/mol. The number of ether oxygens (including phenoxy) is 1. The van der Waals surface area contributed by atoms with Crippen LogP contribution in [0.15, 0.2) is 84.9 Å². The molecule has 0 atom stereocenters. The average molecular weight is 459 g/mol. The summed E-state index contributed by atoms with van der Waals surface area (Å²) in [4.78, 5) is 29.9. The summed E-state index contributed by atoms with van der Waals surface area (Å²) in [5.74, 6) is 0.504. The number of hydrogen-bond acceptors (Lipinski definition) is 5. The van der Waals surface area contributed by atoms with E-state index in [1.807, 2.05) is 66.7 Å². The van der Waals surface area contributed by atoms with Crippen molar-refractivity contribution >= 4 is 23.2 Å². The molecule has 7 nitrogen and oxygen atoms in total. The molecule has 1 heterocycles. The van der Waals surface area contributed by atoms with E-state index in [-0.39, 0.29) is 11.8 Å². The first-order chi connectivity index (χ1) is 16.7. The Morgan fingerprint density at radius 3 is 2.09 bits per heavy atom. The predicted molar refractivity (Wildman–Crippen MR) is 134 cm³/mol. The zero-order chi connectivity index (χ0) is 23.6. The van der Waals surface area contributed by atoms with Crippen molar-refractivity contribution in [3.05, 3.63) is 90.5 Å². The summed E-state index contributed by atoms with van der Waals surface area (Å²) in [5.41, 5.74) is 1.65. The maximum atomic E-state index is 12.7. The van der Waals surface area contributed by atoms with Gasteiger partial charge >= 0.3 is 0 Å². The van der Waals surface area contributed by atoms with Crippen molar-refractivity contribution in [1.82, 2.24) is 9.80 Å². The van der Waals surface area contributed by atoms with E-state index in [0.717, 1.165) is 38.5 Å². The third kappa shape index (κ3) is 6.91. The lowest BCUT2D eigenvalue weighted by Gasteiger charge is -2.34. The number of carbonyl (C=O) groups excluding carboxylic acids is 2. The summed E-state index contributed by atoms with van der Waals surface area (Å²) < 4.78 is 5.78. The minimum absolute atomic E-state index is 0.124. The van der Waals surface area contributed by atoms with E-state index in [4.69, 9.17) is 4.74 Å². The lowest BCUT2D eigenvalue weighted by molar-refractivity contribution is -0.117. The van der Waals surface area contributed by atoms with Crippen molar-refractivity contribution in [2.45, 2.75) is 0 Å². The Labute approximate surface area is 200 Å². The van der Waals surface area contributed by atoms with Crippen molar-refractivity contribution in [3.8, 4) is 5.75 Å². The van der Waals surface area contributed by atoms with Gasteiger partial charge in [-0.3, -0.25) is 19.4 Å². The molecule has 1 aliphatic rings. The summed E-state index contributed by atoms with van der Waals surface area (Å²) in [6.07, 6.45) is 0. The van der Waals surface area contributed by atoms with Crippen LogP contribution < -0.4 is 15.4 Å². The fourth-order valence-corrected chi connectivity index (χ4v) is 3.88. The molecule has 2 amide bonds. The number of nitrogens with one attached hydrogen (secondary N) is 2. The Morgan fingerprint density at radius 1 is 0.735 bits per heavy atom. The molecule has 0 radical (unpaired) electrons. The standard InChI is InChI=1S/C27H30N4O3/c32-26(21-31-17-15-30(16-18-31)19-20-34-23-11-5-2-6-12-23)29-25-14-8-7-13-24(25)27(33)28-22-9-3-1-4-10-22/h1-14H,15-21H2,(H,28,33)(H,29,32). The highest BCUT2D eigenvalue weighted by Crippen LogP contribution is 2.18. The molecule has 3 aromatic carbocycles. The first kappa shape index (κ1) is 23.5. The predicted octanol–water partition coefficient (Wildman–Crippen LogP) is 3.57. The average Bonchev–Trinajstić information content (AvgIpc) is 2.87. The lowest BCUT2D eigenvalue weighted by Crippen LogP contribution is -2.49. The van der Waals surface area contributed by atoms with Crippen LogP contribution in [0.3, 0.4) is 0 Å². The zero-order valence-corrected chi connectivity index (χ0v) is 19.2. The molecule has 0 aromatic heterocycles. The van der Waals surface area contributed by atoms with E-state index in [9.17, 15) is 9.59 Å². The van der Waals surface area contributed by atoms with E-state index in [1.165, 1.54) is 0 Å². The third-order valence-electron chi connectivity index (χ3n) is 5.73. The van der Waals surface area contributed by atoms with Crippen LogP contribution in [0.4, 0.5) is 11.4 Å². The van der Waals surface area contributed by atoms with Gasteiger partial charge < -0.3 is 15.4 Å². The van der Waals surface area contributed by atoms with Crippen molar-refractivity contribution in [3.63, 3.8) is 0 Å². The SMILES string of the molecule is O=C(CN1CCN(CCOc2ccccc2)CC1)Nc1ccccc1C(=O)Nc1ccccc1. The van der Waals surface area contributed by atoms with Crippen molar-refractivity contribution in [1.29, 1.82) is 0 Å². The van der Waals surface area contributed by atoms with E-state index in [2.05, 4.69) is 20.4 Å². The van der Waals surface area contributed by atoms with Crippen LogP contribution in [0.1, 0.15) is 10.4 Å². The number of para-hydroxylation sites is 3. The molecule has 7 heteroatoms. The number of rotatable bonds is 9. The van der Waals surface area contributed by atoms with E-state index in [1.54, 1.807) is 18.2 Å². The number of anilines is 2. The third-order valence-corrected chi connectivity index (χ3v) is 5.73. The largest absolute Gasteiger partial charge is 0.492 e. The van der Waals surface area contributed by atoms with Gasteiger partial charge in [-0.1, -0.05) is 48.5 Å². The molecule has 34 heavy (non-hydrogen) atoms. The second-order valence-electron chi connectivity index (χ2n) is 8.19. The van der Waals surface area contributed by atoms with Gasteiger partial charge in [-0.25, -0.2) is 0 Å². The maximum Gasteiger partial charge on any atom is 0.257 e. The molecule has 0 aliphatic carbocycles. The molecular weight excluding hydrogens is 428 g/mol. The van der Waals surface area contributed by atoms with E-state index >= 15 is 0 Å². The lowest BCUT2D eigenvalue weighted by atomic mass is 10.1. The molecule has 3 aromatic rings.